The highest BCUT2D eigenvalue weighted by atomic mass is 32.2. The summed E-state index contributed by atoms with van der Waals surface area (Å²) in [6.07, 6.45) is 3.41. The molecule has 4 aromatic heterocycles. The number of nitrogens with zero attached hydrogens (tertiary/aromatic N) is 5. The van der Waals surface area contributed by atoms with Crippen LogP contribution in [0.3, 0.4) is 0 Å². The molecule has 0 bridgehead atoms. The number of aromatic nitrogens is 6. The molecule has 172 valence electrons. The standard InChI is InChI=1S/C23H22N8O2S/c1-15-4-2-7-19(28-15)23-22(17-8-9-21-25-14-26-31(21)13-17)29-20(30-23)12-24-18-6-3-5-16(10-18)11-27-34(32)33/h2-10,13-14,24,34H,11-12H2,1H3,(H,29,30)(H,27,32,33). The maximum absolute atomic E-state index is 10.8. The van der Waals surface area contributed by atoms with E-state index >= 15 is 0 Å². The maximum atomic E-state index is 10.8. The van der Waals surface area contributed by atoms with E-state index in [1.54, 1.807) is 4.52 Å². The Morgan fingerprint density at radius 3 is 2.76 bits per heavy atom. The molecule has 0 atom stereocenters. The van der Waals surface area contributed by atoms with Crippen molar-refractivity contribution >= 4 is 22.2 Å². The number of pyridine rings is 2. The zero-order valence-corrected chi connectivity index (χ0v) is 19.2. The van der Waals surface area contributed by atoms with E-state index in [1.165, 1.54) is 6.33 Å². The van der Waals surface area contributed by atoms with Crippen LogP contribution in [0.2, 0.25) is 0 Å². The second-order valence-electron chi connectivity index (χ2n) is 7.70. The molecule has 10 nitrogen and oxygen atoms in total. The first-order valence-corrected chi connectivity index (χ1v) is 11.8. The van der Waals surface area contributed by atoms with Crippen LogP contribution in [-0.4, -0.2) is 38.0 Å². The lowest BCUT2D eigenvalue weighted by Gasteiger charge is -2.07. The van der Waals surface area contributed by atoms with Gasteiger partial charge < -0.3 is 10.3 Å². The zero-order valence-electron chi connectivity index (χ0n) is 18.3. The normalized spacial score (nSPS) is 11.4. The maximum Gasteiger partial charge on any atom is 0.201 e. The average Bonchev–Trinajstić information content (AvgIpc) is 3.48. The number of anilines is 1. The van der Waals surface area contributed by atoms with Crippen molar-refractivity contribution in [1.29, 1.82) is 0 Å². The van der Waals surface area contributed by atoms with E-state index in [4.69, 9.17) is 4.98 Å². The quantitative estimate of drug-likeness (QED) is 0.254. The van der Waals surface area contributed by atoms with Crippen LogP contribution in [0.4, 0.5) is 5.69 Å². The van der Waals surface area contributed by atoms with Crippen molar-refractivity contribution in [3.8, 4) is 22.6 Å². The summed E-state index contributed by atoms with van der Waals surface area (Å²) in [6, 6.07) is 17.3. The predicted molar refractivity (Wildman–Crippen MR) is 129 cm³/mol. The molecule has 0 fully saturated rings. The van der Waals surface area contributed by atoms with Gasteiger partial charge in [-0.2, -0.15) is 5.10 Å². The largest absolute Gasteiger partial charge is 0.378 e. The first kappa shape index (κ1) is 21.7. The number of fused-ring (bicyclic) bond motifs is 1. The van der Waals surface area contributed by atoms with Crippen LogP contribution in [-0.2, 0) is 24.0 Å². The molecule has 0 radical (unpaired) electrons. The Balaban J connectivity index is 1.45. The zero-order chi connectivity index (χ0) is 23.5. The van der Waals surface area contributed by atoms with Gasteiger partial charge in [0.1, 0.15) is 12.2 Å². The number of hydrogen-bond acceptors (Lipinski definition) is 7. The summed E-state index contributed by atoms with van der Waals surface area (Å²) < 4.78 is 25.7. The van der Waals surface area contributed by atoms with E-state index in [0.29, 0.717) is 6.54 Å². The lowest BCUT2D eigenvalue weighted by Crippen LogP contribution is -2.10. The topological polar surface area (TPSA) is 130 Å². The minimum atomic E-state index is -2.64. The molecule has 11 heteroatoms. The molecular weight excluding hydrogens is 452 g/mol. The van der Waals surface area contributed by atoms with Gasteiger partial charge in [0.2, 0.25) is 10.9 Å². The Hall–Kier alpha value is -4.09. The number of rotatable bonds is 8. The van der Waals surface area contributed by atoms with Crippen LogP contribution in [0.25, 0.3) is 28.3 Å². The second-order valence-corrected chi connectivity index (χ2v) is 8.53. The van der Waals surface area contributed by atoms with Gasteiger partial charge >= 0.3 is 0 Å². The van der Waals surface area contributed by atoms with E-state index in [0.717, 1.165) is 51.1 Å². The van der Waals surface area contributed by atoms with E-state index in [9.17, 15) is 8.42 Å². The minimum absolute atomic E-state index is 0.243. The highest BCUT2D eigenvalue weighted by Crippen LogP contribution is 2.29. The van der Waals surface area contributed by atoms with Crippen LogP contribution < -0.4 is 10.0 Å². The number of benzene rings is 1. The first-order valence-electron chi connectivity index (χ1n) is 10.6. The van der Waals surface area contributed by atoms with Crippen molar-refractivity contribution < 1.29 is 8.42 Å². The predicted octanol–water partition coefficient (Wildman–Crippen LogP) is 2.72. The van der Waals surface area contributed by atoms with Crippen LogP contribution in [0, 0.1) is 6.92 Å². The molecule has 5 aromatic rings. The lowest BCUT2D eigenvalue weighted by molar-refractivity contribution is 0.601. The summed E-state index contributed by atoms with van der Waals surface area (Å²) in [5, 5.41) is 7.58. The Morgan fingerprint density at radius 2 is 1.91 bits per heavy atom. The van der Waals surface area contributed by atoms with Crippen molar-refractivity contribution in [1.82, 2.24) is 34.3 Å². The summed E-state index contributed by atoms with van der Waals surface area (Å²) in [7, 11) is -2.64. The number of H-pyrrole nitrogens is 1. The van der Waals surface area contributed by atoms with Gasteiger partial charge in [0.15, 0.2) is 5.65 Å². The Kier molecular flexibility index (Phi) is 6.02. The molecule has 0 amide bonds. The highest BCUT2D eigenvalue weighted by molar-refractivity contribution is 7.70. The Morgan fingerprint density at radius 1 is 1.03 bits per heavy atom. The third-order valence-electron chi connectivity index (χ3n) is 5.24. The Labute approximate surface area is 197 Å². The van der Waals surface area contributed by atoms with Crippen LogP contribution in [0.15, 0.2) is 67.1 Å². The summed E-state index contributed by atoms with van der Waals surface area (Å²) in [5.74, 6) is 0.734. The van der Waals surface area contributed by atoms with Crippen LogP contribution in [0.5, 0.6) is 0 Å². The van der Waals surface area contributed by atoms with Crippen LogP contribution in [0.1, 0.15) is 17.1 Å². The average molecular weight is 475 g/mol. The van der Waals surface area contributed by atoms with Gasteiger partial charge in [-0.25, -0.2) is 27.6 Å². The SMILES string of the molecule is Cc1cccc(-c2[nH]c(CNc3cccc(CN[SH](=O)=O)c3)nc2-c2ccc3ncnn3c2)n1. The van der Waals surface area contributed by atoms with E-state index in [2.05, 4.69) is 30.1 Å². The number of imidazole rings is 1. The smallest absolute Gasteiger partial charge is 0.201 e. The highest BCUT2D eigenvalue weighted by Gasteiger charge is 2.16. The van der Waals surface area contributed by atoms with E-state index in [1.807, 2.05) is 67.7 Å². The molecule has 0 saturated carbocycles. The van der Waals surface area contributed by atoms with Gasteiger partial charge in [-0.15, -0.1) is 0 Å². The molecule has 0 aliphatic heterocycles. The number of hydrogen-bond donors (Lipinski definition) is 4. The molecule has 0 spiro atoms. The second kappa shape index (κ2) is 9.41. The summed E-state index contributed by atoms with van der Waals surface area (Å²) in [6.45, 7) is 2.64. The molecule has 1 aromatic carbocycles. The minimum Gasteiger partial charge on any atom is -0.378 e. The monoisotopic (exact) mass is 474 g/mol. The number of aromatic amines is 1. The number of thiol groups is 1. The molecule has 4 heterocycles. The van der Waals surface area contributed by atoms with Crippen molar-refractivity contribution in [3.05, 3.63) is 84.2 Å². The van der Waals surface area contributed by atoms with Crippen LogP contribution >= 0.6 is 0 Å². The van der Waals surface area contributed by atoms with Gasteiger partial charge in [0.25, 0.3) is 0 Å². The first-order chi connectivity index (χ1) is 16.5. The van der Waals surface area contributed by atoms with E-state index < -0.39 is 10.9 Å². The fraction of sp³-hybridized carbons (Fsp3) is 0.130. The molecule has 34 heavy (non-hydrogen) atoms. The van der Waals surface area contributed by atoms with Crippen molar-refractivity contribution in [3.63, 3.8) is 0 Å². The number of nitrogens with one attached hydrogen (secondary N) is 3. The summed E-state index contributed by atoms with van der Waals surface area (Å²) in [4.78, 5) is 17.2. The van der Waals surface area contributed by atoms with Gasteiger partial charge in [0.05, 0.1) is 23.6 Å². The number of aryl methyl sites for hydroxylation is 1. The fourth-order valence-electron chi connectivity index (χ4n) is 3.67. The van der Waals surface area contributed by atoms with Gasteiger partial charge in [-0.05, 0) is 48.9 Å². The fourth-order valence-corrected chi connectivity index (χ4v) is 3.98. The summed E-state index contributed by atoms with van der Waals surface area (Å²) in [5.41, 5.74) is 6.65. The third-order valence-corrected chi connectivity index (χ3v) is 5.66. The molecule has 3 N–H and O–H groups in total. The van der Waals surface area contributed by atoms with Gasteiger partial charge in [0, 0.05) is 29.7 Å². The third kappa shape index (κ3) is 4.80. The lowest BCUT2D eigenvalue weighted by atomic mass is 10.1. The molecule has 0 aliphatic carbocycles. The van der Waals surface area contributed by atoms with Gasteiger partial charge in [-0.1, -0.05) is 18.2 Å². The van der Waals surface area contributed by atoms with Crippen molar-refractivity contribution in [2.75, 3.05) is 5.32 Å². The Bertz CT molecular complexity index is 1530. The van der Waals surface area contributed by atoms with E-state index in [-0.39, 0.29) is 6.54 Å². The molecule has 0 aliphatic rings. The van der Waals surface area contributed by atoms with Crippen molar-refractivity contribution in [2.45, 2.75) is 20.0 Å². The molecule has 0 saturated heterocycles. The van der Waals surface area contributed by atoms with Crippen molar-refractivity contribution in [2.24, 2.45) is 0 Å². The summed E-state index contributed by atoms with van der Waals surface area (Å²) >= 11 is 0. The van der Waals surface area contributed by atoms with Gasteiger partial charge in [-0.3, -0.25) is 4.98 Å². The molecule has 5 rings (SSSR count). The molecule has 0 unspecified atom stereocenters. The molecular formula is C23H22N8O2S.